The summed E-state index contributed by atoms with van der Waals surface area (Å²) in [5, 5.41) is 9.22. The van der Waals surface area contributed by atoms with E-state index >= 15 is 0 Å². The number of aromatic carboxylic acids is 1. The van der Waals surface area contributed by atoms with Gasteiger partial charge in [-0.1, -0.05) is 29.8 Å². The molecule has 17 heavy (non-hydrogen) atoms. The third kappa shape index (κ3) is 2.34. The molecule has 6 heteroatoms. The number of rotatable bonds is 2. The van der Waals surface area contributed by atoms with Crippen LogP contribution >= 0.6 is 11.6 Å². The Balaban J connectivity index is 2.64. The number of aromatic amines is 1. The second kappa shape index (κ2) is 4.39. The molecule has 5 nitrogen and oxygen atoms in total. The molecule has 0 saturated carbocycles. The Hall–Kier alpha value is -2.14. The summed E-state index contributed by atoms with van der Waals surface area (Å²) < 4.78 is 0. The fourth-order valence-electron chi connectivity index (χ4n) is 1.38. The summed E-state index contributed by atoms with van der Waals surface area (Å²) in [6.45, 7) is 0. The van der Waals surface area contributed by atoms with E-state index in [1.165, 1.54) is 6.07 Å². The van der Waals surface area contributed by atoms with Crippen molar-refractivity contribution < 1.29 is 9.90 Å². The van der Waals surface area contributed by atoms with Gasteiger partial charge >= 0.3 is 11.7 Å². The minimum absolute atomic E-state index is 0.222. The maximum Gasteiger partial charge on any atom is 0.352 e. The second-order valence-electron chi connectivity index (χ2n) is 3.27. The molecule has 0 aliphatic carbocycles. The third-order valence-corrected chi connectivity index (χ3v) is 2.45. The van der Waals surface area contributed by atoms with Crippen molar-refractivity contribution in [3.05, 3.63) is 51.5 Å². The molecule has 0 saturated heterocycles. The number of nitrogens with zero attached hydrogens (tertiary/aromatic N) is 1. The van der Waals surface area contributed by atoms with E-state index < -0.39 is 11.7 Å². The van der Waals surface area contributed by atoms with Gasteiger partial charge in [0.25, 0.3) is 0 Å². The van der Waals surface area contributed by atoms with Gasteiger partial charge in [0.15, 0.2) is 0 Å². The first kappa shape index (κ1) is 11.3. The molecule has 0 aliphatic rings. The van der Waals surface area contributed by atoms with Crippen LogP contribution in [0, 0.1) is 0 Å². The first-order chi connectivity index (χ1) is 8.08. The molecule has 0 fully saturated rings. The summed E-state index contributed by atoms with van der Waals surface area (Å²) in [7, 11) is 0. The first-order valence-corrected chi connectivity index (χ1v) is 5.05. The van der Waals surface area contributed by atoms with Crippen LogP contribution in [0.1, 0.15) is 10.5 Å². The number of halogens is 1. The smallest absolute Gasteiger partial charge is 0.352 e. The zero-order valence-electron chi connectivity index (χ0n) is 8.48. The van der Waals surface area contributed by atoms with E-state index in [0.717, 1.165) is 0 Å². The highest BCUT2D eigenvalue weighted by atomic mass is 35.5. The lowest BCUT2D eigenvalue weighted by Gasteiger charge is -2.03. The fraction of sp³-hybridized carbons (Fsp3) is 0. The molecular formula is C11H7ClN2O3. The Bertz CT molecular complexity index is 637. The molecule has 0 unspecified atom stereocenters. The standard InChI is InChI=1S/C11H7ClN2O3/c12-7-4-2-1-3-6(7)8-5-9(10(15)16)14-11(17)13-8/h1-5H,(H,15,16)(H,13,14,17). The number of hydrogen-bond donors (Lipinski definition) is 2. The SMILES string of the molecule is O=C(O)c1cc(-c2ccccc2Cl)nc(=O)[nH]1. The average Bonchev–Trinajstić information content (AvgIpc) is 2.28. The molecule has 2 aromatic rings. The summed E-state index contributed by atoms with van der Waals surface area (Å²) in [5.74, 6) is -1.22. The van der Waals surface area contributed by atoms with Gasteiger partial charge in [0.1, 0.15) is 5.69 Å². The highest BCUT2D eigenvalue weighted by molar-refractivity contribution is 6.33. The van der Waals surface area contributed by atoms with Crippen LogP contribution in [-0.4, -0.2) is 21.0 Å². The monoisotopic (exact) mass is 250 g/mol. The van der Waals surface area contributed by atoms with Gasteiger partial charge in [-0.3, -0.25) is 4.98 Å². The van der Waals surface area contributed by atoms with Crippen LogP contribution in [-0.2, 0) is 0 Å². The summed E-state index contributed by atoms with van der Waals surface area (Å²) in [5.41, 5.74) is -0.195. The minimum Gasteiger partial charge on any atom is -0.477 e. The number of H-pyrrole nitrogens is 1. The number of benzene rings is 1. The molecule has 2 rings (SSSR count). The largest absolute Gasteiger partial charge is 0.477 e. The van der Waals surface area contributed by atoms with Gasteiger partial charge in [0.05, 0.1) is 5.69 Å². The molecule has 0 aliphatic heterocycles. The van der Waals surface area contributed by atoms with Gasteiger partial charge in [-0.15, -0.1) is 0 Å². The lowest BCUT2D eigenvalue weighted by molar-refractivity contribution is 0.0690. The van der Waals surface area contributed by atoms with Crippen molar-refractivity contribution in [2.24, 2.45) is 0 Å². The fourth-order valence-corrected chi connectivity index (χ4v) is 1.61. The number of hydrogen-bond acceptors (Lipinski definition) is 3. The topological polar surface area (TPSA) is 83.0 Å². The predicted octanol–water partition coefficient (Wildman–Crippen LogP) is 1.79. The van der Waals surface area contributed by atoms with Crippen molar-refractivity contribution in [3.8, 4) is 11.3 Å². The maximum atomic E-state index is 11.2. The van der Waals surface area contributed by atoms with E-state index in [4.69, 9.17) is 16.7 Å². The Labute approximate surface area is 101 Å². The molecule has 1 heterocycles. The third-order valence-electron chi connectivity index (χ3n) is 2.12. The first-order valence-electron chi connectivity index (χ1n) is 4.67. The van der Waals surface area contributed by atoms with Gasteiger partial charge in [-0.05, 0) is 12.1 Å². The number of nitrogens with one attached hydrogen (secondary N) is 1. The Morgan fingerprint density at radius 3 is 2.71 bits per heavy atom. The van der Waals surface area contributed by atoms with Crippen molar-refractivity contribution in [2.45, 2.75) is 0 Å². The molecule has 2 N–H and O–H groups in total. The molecule has 0 atom stereocenters. The van der Waals surface area contributed by atoms with Crippen molar-refractivity contribution in [1.82, 2.24) is 9.97 Å². The van der Waals surface area contributed by atoms with Crippen LogP contribution in [0.25, 0.3) is 11.3 Å². The zero-order valence-corrected chi connectivity index (χ0v) is 9.23. The van der Waals surface area contributed by atoms with Crippen LogP contribution in [0.2, 0.25) is 5.02 Å². The molecule has 1 aromatic carbocycles. The van der Waals surface area contributed by atoms with Gasteiger partial charge in [0.2, 0.25) is 0 Å². The van der Waals surface area contributed by atoms with Crippen LogP contribution in [0.3, 0.4) is 0 Å². The molecule has 0 spiro atoms. The summed E-state index contributed by atoms with van der Waals surface area (Å²) in [6.07, 6.45) is 0. The van der Waals surface area contributed by atoms with E-state index in [9.17, 15) is 9.59 Å². The van der Waals surface area contributed by atoms with E-state index in [2.05, 4.69) is 9.97 Å². The molecule has 1 aromatic heterocycles. The second-order valence-corrected chi connectivity index (χ2v) is 3.68. The van der Waals surface area contributed by atoms with Crippen molar-refractivity contribution >= 4 is 17.6 Å². The highest BCUT2D eigenvalue weighted by Gasteiger charge is 2.10. The maximum absolute atomic E-state index is 11.2. The molecule has 0 amide bonds. The number of carboxylic acids is 1. The van der Waals surface area contributed by atoms with Crippen molar-refractivity contribution in [1.29, 1.82) is 0 Å². The predicted molar refractivity (Wildman–Crippen MR) is 62.3 cm³/mol. The van der Waals surface area contributed by atoms with Crippen LogP contribution in [0.15, 0.2) is 35.1 Å². The van der Waals surface area contributed by atoms with Gasteiger partial charge in [-0.25, -0.2) is 9.59 Å². The average molecular weight is 251 g/mol. The van der Waals surface area contributed by atoms with E-state index in [1.807, 2.05) is 0 Å². The van der Waals surface area contributed by atoms with Crippen molar-refractivity contribution in [3.63, 3.8) is 0 Å². The van der Waals surface area contributed by atoms with Gasteiger partial charge < -0.3 is 5.11 Å². The summed E-state index contributed by atoms with van der Waals surface area (Å²) >= 11 is 5.94. The van der Waals surface area contributed by atoms with E-state index in [1.54, 1.807) is 24.3 Å². The number of carboxylic acid groups (broad SMARTS) is 1. The lowest BCUT2D eigenvalue weighted by Crippen LogP contribution is -2.16. The molecule has 86 valence electrons. The number of carbonyl (C=O) groups is 1. The van der Waals surface area contributed by atoms with Crippen LogP contribution in [0.5, 0.6) is 0 Å². The summed E-state index contributed by atoms with van der Waals surface area (Å²) in [4.78, 5) is 27.8. The van der Waals surface area contributed by atoms with Gasteiger partial charge in [-0.2, -0.15) is 4.98 Å². The van der Waals surface area contributed by atoms with Crippen molar-refractivity contribution in [2.75, 3.05) is 0 Å². The zero-order chi connectivity index (χ0) is 12.4. The van der Waals surface area contributed by atoms with E-state index in [0.29, 0.717) is 10.6 Å². The van der Waals surface area contributed by atoms with E-state index in [-0.39, 0.29) is 11.4 Å². The van der Waals surface area contributed by atoms with Gasteiger partial charge in [0, 0.05) is 10.6 Å². The van der Waals surface area contributed by atoms with Crippen LogP contribution < -0.4 is 5.69 Å². The highest BCUT2D eigenvalue weighted by Crippen LogP contribution is 2.25. The Morgan fingerprint density at radius 2 is 2.06 bits per heavy atom. The normalized spacial score (nSPS) is 10.2. The molecule has 0 radical (unpaired) electrons. The van der Waals surface area contributed by atoms with Crippen LogP contribution in [0.4, 0.5) is 0 Å². The number of aromatic nitrogens is 2. The molecular weight excluding hydrogens is 244 g/mol. The Kier molecular flexibility index (Phi) is 2.93. The summed E-state index contributed by atoms with van der Waals surface area (Å²) in [6, 6.07) is 8.03. The molecule has 0 bridgehead atoms. The minimum atomic E-state index is -1.22. The Morgan fingerprint density at radius 1 is 1.35 bits per heavy atom. The lowest BCUT2D eigenvalue weighted by atomic mass is 10.1. The quantitative estimate of drug-likeness (QED) is 0.851.